The zero-order valence-corrected chi connectivity index (χ0v) is 11.5. The molecular weight excluding hydrogens is 242 g/mol. The van der Waals surface area contributed by atoms with E-state index in [0.717, 1.165) is 51.1 Å². The van der Waals surface area contributed by atoms with E-state index < -0.39 is 5.97 Å². The summed E-state index contributed by atoms with van der Waals surface area (Å²) in [7, 11) is 0. The highest BCUT2D eigenvalue weighted by Crippen LogP contribution is 2.29. The van der Waals surface area contributed by atoms with E-state index in [0.29, 0.717) is 0 Å². The fourth-order valence-corrected chi connectivity index (χ4v) is 2.90. The monoisotopic (exact) mass is 265 g/mol. The number of carbonyl (C=O) groups is 1. The Morgan fingerprint density at radius 2 is 2.32 bits per heavy atom. The maximum absolute atomic E-state index is 11.2. The number of hydrogen-bond donors (Lipinski definition) is 2. The summed E-state index contributed by atoms with van der Waals surface area (Å²) in [6, 6.07) is 0. The van der Waals surface area contributed by atoms with E-state index in [1.165, 1.54) is 0 Å². The highest BCUT2D eigenvalue weighted by atomic mass is 16.4. The van der Waals surface area contributed by atoms with Gasteiger partial charge in [0.2, 0.25) is 0 Å². The van der Waals surface area contributed by atoms with Crippen molar-refractivity contribution in [3.63, 3.8) is 0 Å². The molecule has 2 N–H and O–H groups in total. The summed E-state index contributed by atoms with van der Waals surface area (Å²) in [6.45, 7) is 4.54. The van der Waals surface area contributed by atoms with Gasteiger partial charge in [0.15, 0.2) is 0 Å². The molecule has 0 aromatic carbocycles. The number of hydrogen-bond acceptors (Lipinski definition) is 3. The van der Waals surface area contributed by atoms with E-state index >= 15 is 0 Å². The van der Waals surface area contributed by atoms with Crippen molar-refractivity contribution >= 4 is 5.97 Å². The number of imidazole rings is 1. The fourth-order valence-electron chi connectivity index (χ4n) is 2.90. The van der Waals surface area contributed by atoms with Gasteiger partial charge in [-0.05, 0) is 32.2 Å². The summed E-state index contributed by atoms with van der Waals surface area (Å²) in [5.74, 6) is 0.520. The highest BCUT2D eigenvalue weighted by molar-refractivity contribution is 5.70. The number of nitrogens with one attached hydrogen (secondary N) is 1. The van der Waals surface area contributed by atoms with Gasteiger partial charge in [0, 0.05) is 25.5 Å². The summed E-state index contributed by atoms with van der Waals surface area (Å²) in [5, 5.41) is 12.6. The molecule has 2 unspecified atom stereocenters. The number of rotatable bonds is 6. The number of aryl methyl sites for hydroxylation is 1. The molecule has 0 saturated heterocycles. The molecule has 0 radical (unpaired) electrons. The molecule has 2 atom stereocenters. The molecule has 0 aliphatic heterocycles. The molecule has 5 heteroatoms. The quantitative estimate of drug-likeness (QED) is 0.768. The molecule has 1 aliphatic rings. The number of aromatic nitrogens is 2. The van der Waals surface area contributed by atoms with E-state index in [9.17, 15) is 9.90 Å². The first kappa shape index (κ1) is 14.1. The standard InChI is InChI=1S/C14H23N3O2/c1-11-16-7-9-17(11)8-6-15-10-12-4-2-3-5-13(12)14(18)19/h7,9,12-13,15H,2-6,8,10H2,1H3,(H,18,19). The second-order valence-corrected chi connectivity index (χ2v) is 5.36. The van der Waals surface area contributed by atoms with Crippen LogP contribution in [0.3, 0.4) is 0 Å². The minimum absolute atomic E-state index is 0.156. The predicted molar refractivity (Wildman–Crippen MR) is 72.9 cm³/mol. The van der Waals surface area contributed by atoms with Crippen LogP contribution >= 0.6 is 0 Å². The average molecular weight is 265 g/mol. The molecule has 0 bridgehead atoms. The van der Waals surface area contributed by atoms with Gasteiger partial charge in [-0.3, -0.25) is 4.79 Å². The Balaban J connectivity index is 1.72. The van der Waals surface area contributed by atoms with Gasteiger partial charge < -0.3 is 15.0 Å². The SMILES string of the molecule is Cc1nccn1CCNCC1CCCCC1C(=O)O. The Morgan fingerprint density at radius 1 is 1.53 bits per heavy atom. The highest BCUT2D eigenvalue weighted by Gasteiger charge is 2.30. The van der Waals surface area contributed by atoms with Crippen LogP contribution in [-0.2, 0) is 11.3 Å². The van der Waals surface area contributed by atoms with E-state index in [2.05, 4.69) is 14.9 Å². The van der Waals surface area contributed by atoms with Gasteiger partial charge in [-0.25, -0.2) is 4.98 Å². The lowest BCUT2D eigenvalue weighted by molar-refractivity contribution is -0.144. The lowest BCUT2D eigenvalue weighted by atomic mass is 9.79. The van der Waals surface area contributed by atoms with E-state index in [1.54, 1.807) is 6.20 Å². The second kappa shape index (κ2) is 6.70. The third-order valence-electron chi connectivity index (χ3n) is 4.09. The average Bonchev–Trinajstić information content (AvgIpc) is 2.80. The first-order valence-corrected chi connectivity index (χ1v) is 7.09. The number of nitrogens with zero attached hydrogens (tertiary/aromatic N) is 2. The lowest BCUT2D eigenvalue weighted by Crippen LogP contribution is -2.35. The number of aliphatic carboxylic acids is 1. The van der Waals surface area contributed by atoms with Crippen molar-refractivity contribution in [1.82, 2.24) is 14.9 Å². The number of carboxylic acid groups (broad SMARTS) is 1. The molecular formula is C14H23N3O2. The Bertz CT molecular complexity index is 417. The Kier molecular flexibility index (Phi) is 4.96. The van der Waals surface area contributed by atoms with Gasteiger partial charge in [-0.1, -0.05) is 12.8 Å². The van der Waals surface area contributed by atoms with Crippen molar-refractivity contribution in [2.75, 3.05) is 13.1 Å². The molecule has 0 spiro atoms. The van der Waals surface area contributed by atoms with Crippen LogP contribution in [0.4, 0.5) is 0 Å². The van der Waals surface area contributed by atoms with Crippen LogP contribution in [-0.4, -0.2) is 33.7 Å². The smallest absolute Gasteiger partial charge is 0.306 e. The van der Waals surface area contributed by atoms with Crippen LogP contribution in [0.5, 0.6) is 0 Å². The van der Waals surface area contributed by atoms with E-state index in [-0.39, 0.29) is 11.8 Å². The fraction of sp³-hybridized carbons (Fsp3) is 0.714. The second-order valence-electron chi connectivity index (χ2n) is 5.36. The molecule has 1 saturated carbocycles. The maximum Gasteiger partial charge on any atom is 0.306 e. The van der Waals surface area contributed by atoms with Crippen molar-refractivity contribution < 1.29 is 9.90 Å². The van der Waals surface area contributed by atoms with Gasteiger partial charge in [0.05, 0.1) is 5.92 Å². The lowest BCUT2D eigenvalue weighted by Gasteiger charge is -2.28. The molecule has 5 nitrogen and oxygen atoms in total. The molecule has 2 rings (SSSR count). The van der Waals surface area contributed by atoms with Crippen LogP contribution in [0.2, 0.25) is 0 Å². The maximum atomic E-state index is 11.2. The minimum atomic E-state index is -0.628. The summed E-state index contributed by atoms with van der Waals surface area (Å²) in [5.41, 5.74) is 0. The summed E-state index contributed by atoms with van der Waals surface area (Å²) in [6.07, 6.45) is 7.86. The van der Waals surface area contributed by atoms with Crippen molar-refractivity contribution in [1.29, 1.82) is 0 Å². The number of carboxylic acids is 1. The zero-order chi connectivity index (χ0) is 13.7. The molecule has 19 heavy (non-hydrogen) atoms. The molecule has 1 aromatic heterocycles. The molecule has 1 aromatic rings. The van der Waals surface area contributed by atoms with Gasteiger partial charge in [-0.2, -0.15) is 0 Å². The molecule has 1 fully saturated rings. The van der Waals surface area contributed by atoms with Crippen molar-refractivity contribution in [3.05, 3.63) is 18.2 Å². The zero-order valence-electron chi connectivity index (χ0n) is 11.5. The van der Waals surface area contributed by atoms with Gasteiger partial charge in [-0.15, -0.1) is 0 Å². The van der Waals surface area contributed by atoms with E-state index in [1.807, 2.05) is 13.1 Å². The Hall–Kier alpha value is -1.36. The molecule has 0 amide bonds. The van der Waals surface area contributed by atoms with Crippen molar-refractivity contribution in [3.8, 4) is 0 Å². The van der Waals surface area contributed by atoms with Crippen LogP contribution in [0.1, 0.15) is 31.5 Å². The molecule has 1 aliphatic carbocycles. The molecule has 106 valence electrons. The van der Waals surface area contributed by atoms with E-state index in [4.69, 9.17) is 0 Å². The first-order valence-electron chi connectivity index (χ1n) is 7.09. The van der Waals surface area contributed by atoms with Crippen molar-refractivity contribution in [2.45, 2.75) is 39.2 Å². The van der Waals surface area contributed by atoms with Crippen LogP contribution in [0, 0.1) is 18.8 Å². The largest absolute Gasteiger partial charge is 0.481 e. The third kappa shape index (κ3) is 3.80. The molecule has 1 heterocycles. The van der Waals surface area contributed by atoms with Gasteiger partial charge in [0.25, 0.3) is 0 Å². The summed E-state index contributed by atoms with van der Waals surface area (Å²) < 4.78 is 2.10. The predicted octanol–water partition coefficient (Wildman–Crippen LogP) is 1.67. The van der Waals surface area contributed by atoms with Gasteiger partial charge in [0.1, 0.15) is 5.82 Å². The van der Waals surface area contributed by atoms with Crippen LogP contribution < -0.4 is 5.32 Å². The summed E-state index contributed by atoms with van der Waals surface area (Å²) in [4.78, 5) is 15.4. The Morgan fingerprint density at radius 3 is 3.00 bits per heavy atom. The first-order chi connectivity index (χ1) is 9.18. The van der Waals surface area contributed by atoms with Crippen LogP contribution in [0.15, 0.2) is 12.4 Å². The third-order valence-corrected chi connectivity index (χ3v) is 4.09. The summed E-state index contributed by atoms with van der Waals surface area (Å²) >= 11 is 0. The topological polar surface area (TPSA) is 67.2 Å². The van der Waals surface area contributed by atoms with Crippen LogP contribution in [0.25, 0.3) is 0 Å². The normalized spacial score (nSPS) is 23.4. The minimum Gasteiger partial charge on any atom is -0.481 e. The van der Waals surface area contributed by atoms with Crippen molar-refractivity contribution in [2.24, 2.45) is 11.8 Å². The Labute approximate surface area is 114 Å². The van der Waals surface area contributed by atoms with Gasteiger partial charge >= 0.3 is 5.97 Å².